The highest BCUT2D eigenvalue weighted by atomic mass is 32.2. The molecular weight excluding hydrogens is 562 g/mol. The largest absolute Gasteiger partial charge is 0.274 e. The number of nitrogens with zero attached hydrogens (tertiary/aromatic N) is 4. The van der Waals surface area contributed by atoms with E-state index in [0.29, 0.717) is 11.9 Å². The number of benzene rings is 4. The number of sulfonamides is 1. The third-order valence-corrected chi connectivity index (χ3v) is 8.60. The lowest BCUT2D eigenvalue weighted by molar-refractivity contribution is -0.134. The van der Waals surface area contributed by atoms with E-state index in [1.807, 2.05) is 77.5 Å². The van der Waals surface area contributed by atoms with Crippen molar-refractivity contribution in [2.75, 3.05) is 0 Å². The molecule has 43 heavy (non-hydrogen) atoms. The maximum Gasteiger partial charge on any atom is 0.264 e. The van der Waals surface area contributed by atoms with Crippen molar-refractivity contribution >= 4 is 38.6 Å². The van der Waals surface area contributed by atoms with Crippen molar-refractivity contribution in [3.05, 3.63) is 127 Å². The molecule has 4 aromatic carbocycles. The summed E-state index contributed by atoms with van der Waals surface area (Å²) in [6.45, 7) is 0. The van der Waals surface area contributed by atoms with Crippen molar-refractivity contribution < 1.29 is 18.0 Å². The molecule has 0 spiro atoms. The minimum Gasteiger partial charge on any atom is -0.274 e. The number of carbonyl (C=O) groups is 2. The summed E-state index contributed by atoms with van der Waals surface area (Å²) in [7, 11) is -4.04. The van der Waals surface area contributed by atoms with E-state index in [4.69, 9.17) is 5.10 Å². The molecule has 1 aliphatic heterocycles. The van der Waals surface area contributed by atoms with E-state index in [1.165, 1.54) is 17.1 Å². The standard InChI is InChI=1S/C33H27N5O4S/c39-32(37-43(41,42)27-12-5-2-6-13-27)16-17-33(40)38-31(26-14-15-28-30(21-26)35-19-18-34-28)22-29(36-38)25-11-7-10-24(20-25)23-8-3-1-4-9-23/h1-15,18-21,31H,16-17,22H2,(H,37,39). The molecule has 1 aromatic heterocycles. The molecule has 0 radical (unpaired) electrons. The average Bonchev–Trinajstić information content (AvgIpc) is 3.50. The van der Waals surface area contributed by atoms with E-state index in [-0.39, 0.29) is 17.7 Å². The molecular formula is C33H27N5O4S. The van der Waals surface area contributed by atoms with Crippen molar-refractivity contribution in [3.63, 3.8) is 0 Å². The van der Waals surface area contributed by atoms with Crippen LogP contribution in [0, 0.1) is 0 Å². The first-order valence-electron chi connectivity index (χ1n) is 13.7. The number of fused-ring (bicyclic) bond motifs is 1. The Bertz CT molecular complexity index is 1950. The molecule has 1 unspecified atom stereocenters. The van der Waals surface area contributed by atoms with E-state index in [9.17, 15) is 18.0 Å². The summed E-state index contributed by atoms with van der Waals surface area (Å²) in [6.07, 6.45) is 3.15. The lowest BCUT2D eigenvalue weighted by Crippen LogP contribution is -2.32. The van der Waals surface area contributed by atoms with Crippen molar-refractivity contribution in [3.8, 4) is 11.1 Å². The van der Waals surface area contributed by atoms with Crippen LogP contribution in [0.2, 0.25) is 0 Å². The zero-order chi connectivity index (χ0) is 29.8. The Balaban J connectivity index is 1.25. The molecule has 0 bridgehead atoms. The molecule has 5 aromatic rings. The Kier molecular flexibility index (Phi) is 7.76. The van der Waals surface area contributed by atoms with E-state index in [0.717, 1.165) is 33.5 Å². The van der Waals surface area contributed by atoms with Crippen LogP contribution >= 0.6 is 0 Å². The van der Waals surface area contributed by atoms with Crippen LogP contribution in [0.5, 0.6) is 0 Å². The highest BCUT2D eigenvalue weighted by Gasteiger charge is 2.33. The average molecular weight is 590 g/mol. The fourth-order valence-electron chi connectivity index (χ4n) is 5.07. The molecule has 1 atom stereocenters. The number of rotatable bonds is 8. The molecule has 9 nitrogen and oxygen atoms in total. The van der Waals surface area contributed by atoms with Crippen molar-refractivity contribution in [1.29, 1.82) is 0 Å². The summed E-state index contributed by atoms with van der Waals surface area (Å²) >= 11 is 0. The molecule has 6 rings (SSSR count). The van der Waals surface area contributed by atoms with E-state index < -0.39 is 27.9 Å². The third-order valence-electron chi connectivity index (χ3n) is 7.21. The van der Waals surface area contributed by atoms with Gasteiger partial charge < -0.3 is 0 Å². The lowest BCUT2D eigenvalue weighted by atomic mass is 9.95. The highest BCUT2D eigenvalue weighted by Crippen LogP contribution is 2.35. The van der Waals surface area contributed by atoms with Crippen LogP contribution in [0.25, 0.3) is 22.2 Å². The lowest BCUT2D eigenvalue weighted by Gasteiger charge is -2.22. The number of carbonyl (C=O) groups excluding carboxylic acids is 2. The second-order valence-corrected chi connectivity index (χ2v) is 11.8. The van der Waals surface area contributed by atoms with Gasteiger partial charge in [0, 0.05) is 31.7 Å². The molecule has 0 saturated carbocycles. The monoisotopic (exact) mass is 589 g/mol. The Morgan fingerprint density at radius 1 is 0.744 bits per heavy atom. The second-order valence-electron chi connectivity index (χ2n) is 10.1. The highest BCUT2D eigenvalue weighted by molar-refractivity contribution is 7.90. The SMILES string of the molecule is O=C(CCC(=O)N1N=C(c2cccc(-c3ccccc3)c2)CC1c1ccc2nccnc2c1)NS(=O)(=O)c1ccccc1. The van der Waals surface area contributed by atoms with Crippen LogP contribution in [0.4, 0.5) is 0 Å². The number of aromatic nitrogens is 2. The van der Waals surface area contributed by atoms with Gasteiger partial charge in [0.1, 0.15) is 0 Å². The first kappa shape index (κ1) is 27.9. The predicted molar refractivity (Wildman–Crippen MR) is 163 cm³/mol. The normalized spacial score (nSPS) is 14.8. The maximum atomic E-state index is 13.6. The summed E-state index contributed by atoms with van der Waals surface area (Å²) in [5.41, 5.74) is 5.96. The Morgan fingerprint density at radius 3 is 2.19 bits per heavy atom. The van der Waals surface area contributed by atoms with Crippen LogP contribution in [0.1, 0.15) is 36.4 Å². The Labute approximate surface area is 249 Å². The first-order chi connectivity index (χ1) is 20.9. The summed E-state index contributed by atoms with van der Waals surface area (Å²) in [4.78, 5) is 34.9. The third kappa shape index (κ3) is 6.19. The fraction of sp³-hybridized carbons (Fsp3) is 0.121. The van der Waals surface area contributed by atoms with Crippen molar-refractivity contribution in [1.82, 2.24) is 19.7 Å². The minimum atomic E-state index is -4.04. The maximum absolute atomic E-state index is 13.6. The zero-order valence-electron chi connectivity index (χ0n) is 23.0. The van der Waals surface area contributed by atoms with Gasteiger partial charge in [-0.3, -0.25) is 19.6 Å². The van der Waals surface area contributed by atoms with Gasteiger partial charge in [-0.05, 0) is 52.6 Å². The van der Waals surface area contributed by atoms with Gasteiger partial charge >= 0.3 is 0 Å². The molecule has 2 heterocycles. The van der Waals surface area contributed by atoms with Crippen LogP contribution in [0.15, 0.2) is 126 Å². The molecule has 0 fully saturated rings. The molecule has 10 heteroatoms. The van der Waals surface area contributed by atoms with Gasteiger partial charge in [-0.25, -0.2) is 18.1 Å². The van der Waals surface area contributed by atoms with Gasteiger partial charge in [-0.15, -0.1) is 0 Å². The van der Waals surface area contributed by atoms with Crippen LogP contribution in [-0.2, 0) is 19.6 Å². The molecule has 214 valence electrons. The van der Waals surface area contributed by atoms with Gasteiger partial charge in [0.05, 0.1) is 27.7 Å². The summed E-state index contributed by atoms with van der Waals surface area (Å²) in [5, 5.41) is 6.15. The number of hydrogen-bond acceptors (Lipinski definition) is 7. The van der Waals surface area contributed by atoms with Crippen LogP contribution < -0.4 is 4.72 Å². The smallest absolute Gasteiger partial charge is 0.264 e. The summed E-state index contributed by atoms with van der Waals surface area (Å²) in [5.74, 6) is -1.17. The molecule has 1 N–H and O–H groups in total. The fourth-order valence-corrected chi connectivity index (χ4v) is 6.10. The van der Waals surface area contributed by atoms with Gasteiger partial charge in [0.2, 0.25) is 11.8 Å². The first-order valence-corrected chi connectivity index (χ1v) is 15.2. The van der Waals surface area contributed by atoms with E-state index in [1.54, 1.807) is 30.6 Å². The zero-order valence-corrected chi connectivity index (χ0v) is 23.8. The van der Waals surface area contributed by atoms with Gasteiger partial charge in [0.15, 0.2) is 0 Å². The number of hydrogen-bond donors (Lipinski definition) is 1. The predicted octanol–water partition coefficient (Wildman–Crippen LogP) is 5.26. The van der Waals surface area contributed by atoms with Gasteiger partial charge in [-0.1, -0.05) is 72.8 Å². The second kappa shape index (κ2) is 11.9. The molecule has 0 saturated heterocycles. The van der Waals surface area contributed by atoms with Crippen LogP contribution in [0.3, 0.4) is 0 Å². The number of amides is 2. The van der Waals surface area contributed by atoms with E-state index in [2.05, 4.69) is 9.97 Å². The van der Waals surface area contributed by atoms with E-state index >= 15 is 0 Å². The van der Waals surface area contributed by atoms with Gasteiger partial charge in [-0.2, -0.15) is 5.10 Å². The Hall–Kier alpha value is -5.22. The Morgan fingerprint density at radius 2 is 1.42 bits per heavy atom. The quantitative estimate of drug-likeness (QED) is 0.264. The number of hydrazone groups is 1. The number of nitrogens with one attached hydrogen (secondary N) is 1. The summed E-state index contributed by atoms with van der Waals surface area (Å²) < 4.78 is 27.2. The summed E-state index contributed by atoms with van der Waals surface area (Å²) in [6, 6.07) is 30.8. The van der Waals surface area contributed by atoms with Crippen molar-refractivity contribution in [2.45, 2.75) is 30.2 Å². The van der Waals surface area contributed by atoms with Crippen LogP contribution in [-0.4, -0.2) is 40.9 Å². The molecule has 2 amide bonds. The molecule has 0 aliphatic carbocycles. The minimum absolute atomic E-state index is 0.0272. The topological polar surface area (TPSA) is 122 Å². The van der Waals surface area contributed by atoms with Crippen molar-refractivity contribution in [2.24, 2.45) is 5.10 Å². The van der Waals surface area contributed by atoms with Gasteiger partial charge in [0.25, 0.3) is 10.0 Å². The molecule has 1 aliphatic rings.